The fraction of sp³-hybridized carbons (Fsp3) is 0.246. The number of para-hydroxylation sites is 1. The van der Waals surface area contributed by atoms with Crippen LogP contribution in [0.1, 0.15) is 135 Å². The predicted octanol–water partition coefficient (Wildman–Crippen LogP) is 16.0. The van der Waals surface area contributed by atoms with Crippen molar-refractivity contribution in [2.45, 2.75) is 96.3 Å². The first-order valence-electron chi connectivity index (χ1n) is 22.8. The lowest BCUT2D eigenvalue weighted by atomic mass is 9.71. The van der Waals surface area contributed by atoms with Crippen LogP contribution < -0.4 is 0 Å². The van der Waals surface area contributed by atoms with Gasteiger partial charge in [0.15, 0.2) is 0 Å². The van der Waals surface area contributed by atoms with E-state index in [9.17, 15) is 0 Å². The average molecular weight is 801 g/mol. The molecule has 1 unspecified atom stereocenters. The Hall–Kier alpha value is -6.18. The van der Waals surface area contributed by atoms with Crippen molar-refractivity contribution in [1.29, 1.82) is 0 Å². The topological polar surface area (TPSA) is 13.1 Å². The number of fused-ring (bicyclic) bond motifs is 15. The molecule has 0 N–H and O–H groups in total. The number of benzene rings is 7. The molecule has 62 heavy (non-hydrogen) atoms. The number of hydrogen-bond acceptors (Lipinski definition) is 1. The van der Waals surface area contributed by atoms with Crippen LogP contribution >= 0.6 is 0 Å². The van der Waals surface area contributed by atoms with E-state index in [0.717, 1.165) is 17.8 Å². The molecule has 0 saturated heterocycles. The highest BCUT2D eigenvalue weighted by Crippen LogP contribution is 2.62. The minimum absolute atomic E-state index is 0.0281. The van der Waals surface area contributed by atoms with Crippen LogP contribution in [-0.2, 0) is 21.7 Å². The highest BCUT2D eigenvalue weighted by Gasteiger charge is 2.48. The second kappa shape index (κ2) is 11.6. The second-order valence-corrected chi connectivity index (χ2v) is 21.3. The Bertz CT molecular complexity index is 3390. The predicted molar refractivity (Wildman–Crippen MR) is 257 cm³/mol. The summed E-state index contributed by atoms with van der Waals surface area (Å²) in [6.07, 6.45) is 0.965. The highest BCUT2D eigenvalue weighted by molar-refractivity contribution is 5.99. The Labute approximate surface area is 366 Å². The van der Waals surface area contributed by atoms with Gasteiger partial charge in [-0.1, -0.05) is 164 Å². The molecule has 302 valence electrons. The van der Waals surface area contributed by atoms with Crippen molar-refractivity contribution in [2.75, 3.05) is 0 Å². The standard InChI is InChI=1S/C61H52O/c1-33-18-22-41-44-31-52-45(32-51(44)59(4,5)47(41)26-33)56-53(61(52,8)9)30-43(55-42-15-11-13-17-54(42)62-57(55)56)36-21-25-40-39-24-20-35(28-49(39)60(6,7)50(40)29-36)34-19-23-38-37-14-10-12-16-46(37)58(2,3)48(38)27-34/h10-29,31-32,43H,30H2,1-9H3. The number of furan rings is 1. The fourth-order valence-corrected chi connectivity index (χ4v) is 13.1. The summed E-state index contributed by atoms with van der Waals surface area (Å²) in [5, 5.41) is 1.24. The van der Waals surface area contributed by atoms with Gasteiger partial charge < -0.3 is 4.42 Å². The molecule has 1 atom stereocenters. The third-order valence-corrected chi connectivity index (χ3v) is 16.6. The van der Waals surface area contributed by atoms with E-state index < -0.39 is 0 Å². The first-order valence-corrected chi connectivity index (χ1v) is 22.8. The van der Waals surface area contributed by atoms with Gasteiger partial charge in [0.1, 0.15) is 11.3 Å². The minimum Gasteiger partial charge on any atom is -0.456 e. The lowest BCUT2D eigenvalue weighted by molar-refractivity contribution is 0.554. The molecular weight excluding hydrogens is 749 g/mol. The van der Waals surface area contributed by atoms with E-state index >= 15 is 0 Å². The van der Waals surface area contributed by atoms with E-state index in [0.29, 0.717) is 0 Å². The van der Waals surface area contributed by atoms with Crippen LogP contribution in [0.25, 0.3) is 61.0 Å². The summed E-state index contributed by atoms with van der Waals surface area (Å²) in [6, 6.07) is 51.6. The molecule has 8 aromatic rings. The minimum atomic E-state index is -0.158. The van der Waals surface area contributed by atoms with Crippen LogP contribution in [0.4, 0.5) is 0 Å². The lowest BCUT2D eigenvalue weighted by Crippen LogP contribution is -2.22. The normalized spacial score (nSPS) is 19.3. The zero-order valence-corrected chi connectivity index (χ0v) is 37.4. The molecule has 0 saturated carbocycles. The molecule has 5 aliphatic rings. The maximum Gasteiger partial charge on any atom is 0.139 e. The van der Waals surface area contributed by atoms with Gasteiger partial charge in [0.2, 0.25) is 0 Å². The molecule has 1 heterocycles. The van der Waals surface area contributed by atoms with Gasteiger partial charge in [0.05, 0.1) is 0 Å². The lowest BCUT2D eigenvalue weighted by Gasteiger charge is -2.32. The summed E-state index contributed by atoms with van der Waals surface area (Å²) >= 11 is 0. The summed E-state index contributed by atoms with van der Waals surface area (Å²) in [4.78, 5) is 0. The van der Waals surface area contributed by atoms with E-state index in [1.165, 1.54) is 122 Å². The van der Waals surface area contributed by atoms with Crippen molar-refractivity contribution in [1.82, 2.24) is 0 Å². The summed E-state index contributed by atoms with van der Waals surface area (Å²) in [6.45, 7) is 21.6. The van der Waals surface area contributed by atoms with Crippen molar-refractivity contribution in [3.8, 4) is 44.5 Å². The van der Waals surface area contributed by atoms with Crippen molar-refractivity contribution in [3.63, 3.8) is 0 Å². The van der Waals surface area contributed by atoms with Crippen LogP contribution in [0.15, 0.2) is 143 Å². The first kappa shape index (κ1) is 36.5. The zero-order chi connectivity index (χ0) is 42.4. The Kier molecular flexibility index (Phi) is 6.84. The third-order valence-electron chi connectivity index (χ3n) is 16.6. The summed E-state index contributed by atoms with van der Waals surface area (Å²) < 4.78 is 7.10. The van der Waals surface area contributed by atoms with Gasteiger partial charge in [-0.2, -0.15) is 0 Å². The van der Waals surface area contributed by atoms with E-state index in [-0.39, 0.29) is 27.6 Å². The first-order chi connectivity index (χ1) is 29.7. The Morgan fingerprint density at radius 3 is 1.68 bits per heavy atom. The maximum atomic E-state index is 7.10. The van der Waals surface area contributed by atoms with Gasteiger partial charge in [-0.3, -0.25) is 0 Å². The molecule has 0 radical (unpaired) electrons. The van der Waals surface area contributed by atoms with Crippen LogP contribution in [0.5, 0.6) is 0 Å². The Morgan fingerprint density at radius 1 is 0.435 bits per heavy atom. The average Bonchev–Trinajstić information content (AvgIpc) is 3.96. The number of rotatable bonds is 2. The van der Waals surface area contributed by atoms with Gasteiger partial charge >= 0.3 is 0 Å². The Morgan fingerprint density at radius 2 is 0.952 bits per heavy atom. The third kappa shape index (κ3) is 4.44. The summed E-state index contributed by atoms with van der Waals surface area (Å²) in [5.74, 6) is 1.24. The molecular formula is C61H52O. The van der Waals surface area contributed by atoms with Crippen molar-refractivity contribution < 1.29 is 4.42 Å². The summed E-state index contributed by atoms with van der Waals surface area (Å²) in [5.41, 5.74) is 29.6. The van der Waals surface area contributed by atoms with Gasteiger partial charge in [-0.15, -0.1) is 0 Å². The molecule has 13 rings (SSSR count). The van der Waals surface area contributed by atoms with Crippen molar-refractivity contribution in [2.24, 2.45) is 0 Å². The van der Waals surface area contributed by atoms with Gasteiger partial charge in [-0.05, 0) is 144 Å². The van der Waals surface area contributed by atoms with Gasteiger partial charge in [0, 0.05) is 44.1 Å². The molecule has 0 spiro atoms. The molecule has 0 aliphatic heterocycles. The molecule has 5 aliphatic carbocycles. The Balaban J connectivity index is 0.915. The van der Waals surface area contributed by atoms with E-state index in [2.05, 4.69) is 196 Å². The van der Waals surface area contributed by atoms with E-state index in [1.807, 2.05) is 0 Å². The van der Waals surface area contributed by atoms with Crippen LogP contribution in [0, 0.1) is 6.92 Å². The second-order valence-electron chi connectivity index (χ2n) is 21.3. The molecule has 1 heteroatoms. The number of hydrogen-bond donors (Lipinski definition) is 0. The van der Waals surface area contributed by atoms with Crippen LogP contribution in [0.2, 0.25) is 0 Å². The maximum absolute atomic E-state index is 7.10. The quantitative estimate of drug-likeness (QED) is 0.170. The van der Waals surface area contributed by atoms with Gasteiger partial charge in [0.25, 0.3) is 0 Å². The molecule has 1 nitrogen and oxygen atoms in total. The number of allylic oxidation sites excluding steroid dienone is 1. The summed E-state index contributed by atoms with van der Waals surface area (Å²) in [7, 11) is 0. The van der Waals surface area contributed by atoms with Crippen LogP contribution in [0.3, 0.4) is 0 Å². The largest absolute Gasteiger partial charge is 0.456 e. The highest BCUT2D eigenvalue weighted by atomic mass is 16.3. The van der Waals surface area contributed by atoms with E-state index in [4.69, 9.17) is 4.42 Å². The zero-order valence-electron chi connectivity index (χ0n) is 37.4. The van der Waals surface area contributed by atoms with E-state index in [1.54, 1.807) is 0 Å². The van der Waals surface area contributed by atoms with Crippen LogP contribution in [-0.4, -0.2) is 0 Å². The molecule has 0 amide bonds. The fourth-order valence-electron chi connectivity index (χ4n) is 13.1. The van der Waals surface area contributed by atoms with Crippen molar-refractivity contribution >= 4 is 16.5 Å². The SMILES string of the molecule is Cc1ccc2c(c1)C(C)(C)c1cc3c(cc1-2)C(C)(C)C1=C3c2oc3ccccc3c2C(c2ccc3c(c2)C(C)(C)c2cc(-c4ccc5c(c4)C(C)(C)c4ccccc4-5)ccc2-3)C1. The van der Waals surface area contributed by atoms with Crippen molar-refractivity contribution in [3.05, 3.63) is 206 Å². The monoisotopic (exact) mass is 800 g/mol. The molecule has 1 aromatic heterocycles. The molecule has 7 aromatic carbocycles. The molecule has 0 bridgehead atoms. The number of aryl methyl sites for hydroxylation is 1. The van der Waals surface area contributed by atoms with Gasteiger partial charge in [-0.25, -0.2) is 0 Å². The smallest absolute Gasteiger partial charge is 0.139 e. The molecule has 0 fully saturated rings.